The Bertz CT molecular complexity index is 329. The van der Waals surface area contributed by atoms with Crippen LogP contribution in [0.5, 0.6) is 0 Å². The van der Waals surface area contributed by atoms with Crippen molar-refractivity contribution in [2.75, 3.05) is 6.54 Å². The van der Waals surface area contributed by atoms with E-state index in [0.29, 0.717) is 24.9 Å². The van der Waals surface area contributed by atoms with E-state index in [9.17, 15) is 9.59 Å². The van der Waals surface area contributed by atoms with Crippen LogP contribution in [0.2, 0.25) is 0 Å². The molecular weight excluding hydrogens is 242 g/mol. The smallest absolute Gasteiger partial charge is 0.224 e. The summed E-state index contributed by atoms with van der Waals surface area (Å²) in [6, 6.07) is 0.301. The maximum atomic E-state index is 11.7. The average molecular weight is 269 g/mol. The number of hydrogen-bond donors (Lipinski definition) is 3. The van der Waals surface area contributed by atoms with Gasteiger partial charge in [-0.2, -0.15) is 0 Å². The summed E-state index contributed by atoms with van der Waals surface area (Å²) in [4.78, 5) is 22.9. The lowest BCUT2D eigenvalue weighted by Gasteiger charge is -2.26. The van der Waals surface area contributed by atoms with Crippen LogP contribution in [0.15, 0.2) is 0 Å². The Morgan fingerprint density at radius 3 is 2.58 bits per heavy atom. The highest BCUT2D eigenvalue weighted by atomic mass is 16.2. The maximum Gasteiger partial charge on any atom is 0.224 e. The maximum absolute atomic E-state index is 11.7. The quantitative estimate of drug-likeness (QED) is 0.668. The lowest BCUT2D eigenvalue weighted by Crippen LogP contribution is -2.42. The van der Waals surface area contributed by atoms with Gasteiger partial charge in [-0.1, -0.05) is 12.8 Å². The molecule has 19 heavy (non-hydrogen) atoms. The fourth-order valence-corrected chi connectivity index (χ4v) is 2.43. The van der Waals surface area contributed by atoms with Gasteiger partial charge in [-0.3, -0.25) is 9.59 Å². The highest BCUT2D eigenvalue weighted by molar-refractivity contribution is 5.82. The zero-order chi connectivity index (χ0) is 14.5. The van der Waals surface area contributed by atoms with Gasteiger partial charge in [0, 0.05) is 19.0 Å². The molecule has 0 saturated heterocycles. The third kappa shape index (κ3) is 5.59. The van der Waals surface area contributed by atoms with Crippen molar-refractivity contribution in [2.45, 2.75) is 58.4 Å². The van der Waals surface area contributed by atoms with Crippen LogP contribution < -0.4 is 16.8 Å². The number of rotatable bonds is 6. The minimum absolute atomic E-state index is 0.00605. The number of carbonyl (C=O) groups excluding carboxylic acids is 2. The summed E-state index contributed by atoms with van der Waals surface area (Å²) < 4.78 is 0. The molecule has 1 rings (SSSR count). The summed E-state index contributed by atoms with van der Waals surface area (Å²) in [6.07, 6.45) is 5.87. The fourth-order valence-electron chi connectivity index (χ4n) is 2.43. The average Bonchev–Trinajstić information content (AvgIpc) is 2.34. The Labute approximate surface area is 115 Å². The predicted octanol–water partition coefficient (Wildman–Crippen LogP) is 0.912. The Morgan fingerprint density at radius 1 is 1.32 bits per heavy atom. The SMILES string of the molecule is CC(C)(CNC(=O)CCC1CCCC(N)C1)C(N)=O. The van der Waals surface area contributed by atoms with Gasteiger partial charge in [-0.25, -0.2) is 0 Å². The van der Waals surface area contributed by atoms with Crippen molar-refractivity contribution in [3.63, 3.8) is 0 Å². The lowest BCUT2D eigenvalue weighted by molar-refractivity contribution is -0.127. The molecule has 2 amide bonds. The summed E-state index contributed by atoms with van der Waals surface area (Å²) >= 11 is 0. The minimum atomic E-state index is -0.692. The molecular formula is C14H27N3O2. The van der Waals surface area contributed by atoms with E-state index in [4.69, 9.17) is 11.5 Å². The fraction of sp³-hybridized carbons (Fsp3) is 0.857. The molecule has 0 aliphatic heterocycles. The van der Waals surface area contributed by atoms with Crippen LogP contribution in [0.3, 0.4) is 0 Å². The molecule has 1 fully saturated rings. The molecule has 110 valence electrons. The number of amides is 2. The Hall–Kier alpha value is -1.10. The van der Waals surface area contributed by atoms with E-state index in [1.54, 1.807) is 13.8 Å². The van der Waals surface area contributed by atoms with Crippen LogP contribution in [-0.4, -0.2) is 24.4 Å². The first-order valence-electron chi connectivity index (χ1n) is 7.13. The summed E-state index contributed by atoms with van der Waals surface area (Å²) in [5.41, 5.74) is 10.5. The highest BCUT2D eigenvalue weighted by Gasteiger charge is 2.25. The van der Waals surface area contributed by atoms with Gasteiger partial charge in [0.05, 0.1) is 5.41 Å². The van der Waals surface area contributed by atoms with E-state index < -0.39 is 11.3 Å². The molecule has 0 heterocycles. The van der Waals surface area contributed by atoms with Crippen LogP contribution >= 0.6 is 0 Å². The molecule has 5 nitrogen and oxygen atoms in total. The third-order valence-electron chi connectivity index (χ3n) is 4.00. The van der Waals surface area contributed by atoms with Gasteiger partial charge >= 0.3 is 0 Å². The van der Waals surface area contributed by atoms with Gasteiger partial charge in [-0.15, -0.1) is 0 Å². The van der Waals surface area contributed by atoms with Crippen molar-refractivity contribution in [3.05, 3.63) is 0 Å². The van der Waals surface area contributed by atoms with Gasteiger partial charge in [-0.05, 0) is 39.0 Å². The summed E-state index contributed by atoms with van der Waals surface area (Å²) in [7, 11) is 0. The first-order valence-corrected chi connectivity index (χ1v) is 7.13. The molecule has 2 unspecified atom stereocenters. The second-order valence-corrected chi connectivity index (χ2v) is 6.36. The highest BCUT2D eigenvalue weighted by Crippen LogP contribution is 2.26. The molecule has 1 aliphatic rings. The molecule has 0 bridgehead atoms. The van der Waals surface area contributed by atoms with Crippen LogP contribution in [0.4, 0.5) is 0 Å². The van der Waals surface area contributed by atoms with Gasteiger partial charge in [0.1, 0.15) is 0 Å². The van der Waals surface area contributed by atoms with E-state index in [-0.39, 0.29) is 5.91 Å². The minimum Gasteiger partial charge on any atom is -0.369 e. The lowest BCUT2D eigenvalue weighted by atomic mass is 9.83. The normalized spacial score (nSPS) is 23.9. The molecule has 0 radical (unpaired) electrons. The van der Waals surface area contributed by atoms with Crippen LogP contribution in [0.25, 0.3) is 0 Å². The number of primary amides is 1. The second-order valence-electron chi connectivity index (χ2n) is 6.36. The molecule has 0 aromatic carbocycles. The largest absolute Gasteiger partial charge is 0.369 e. The van der Waals surface area contributed by atoms with Gasteiger partial charge in [0.2, 0.25) is 11.8 Å². The van der Waals surface area contributed by atoms with Crippen molar-refractivity contribution in [3.8, 4) is 0 Å². The Balaban J connectivity index is 2.23. The molecule has 0 aromatic rings. The van der Waals surface area contributed by atoms with Gasteiger partial charge in [0.15, 0.2) is 0 Å². The van der Waals surface area contributed by atoms with E-state index in [1.807, 2.05) is 0 Å². The van der Waals surface area contributed by atoms with Crippen molar-refractivity contribution in [1.29, 1.82) is 0 Å². The molecule has 1 aliphatic carbocycles. The topological polar surface area (TPSA) is 98.2 Å². The number of nitrogens with two attached hydrogens (primary N) is 2. The van der Waals surface area contributed by atoms with Crippen molar-refractivity contribution in [1.82, 2.24) is 5.32 Å². The van der Waals surface area contributed by atoms with Crippen molar-refractivity contribution < 1.29 is 9.59 Å². The first kappa shape index (κ1) is 16.0. The van der Waals surface area contributed by atoms with Crippen molar-refractivity contribution >= 4 is 11.8 Å². The van der Waals surface area contributed by atoms with Crippen LogP contribution in [0.1, 0.15) is 52.4 Å². The van der Waals surface area contributed by atoms with E-state index in [2.05, 4.69) is 5.32 Å². The number of nitrogens with one attached hydrogen (secondary N) is 1. The van der Waals surface area contributed by atoms with Crippen molar-refractivity contribution in [2.24, 2.45) is 22.8 Å². The Kier molecular flexibility index (Phi) is 5.79. The molecule has 0 aromatic heterocycles. The first-order chi connectivity index (χ1) is 8.81. The van der Waals surface area contributed by atoms with E-state index in [0.717, 1.165) is 19.3 Å². The van der Waals surface area contributed by atoms with E-state index >= 15 is 0 Å². The molecule has 1 saturated carbocycles. The monoisotopic (exact) mass is 269 g/mol. The Morgan fingerprint density at radius 2 is 2.00 bits per heavy atom. The molecule has 2 atom stereocenters. The van der Waals surface area contributed by atoms with E-state index in [1.165, 1.54) is 12.8 Å². The standard InChI is InChI=1S/C14H27N3O2/c1-14(2,13(16)19)9-17-12(18)7-6-10-4-3-5-11(15)8-10/h10-11H,3-9,15H2,1-2H3,(H2,16,19)(H,17,18). The van der Waals surface area contributed by atoms with Gasteiger partial charge in [0.25, 0.3) is 0 Å². The number of hydrogen-bond acceptors (Lipinski definition) is 3. The van der Waals surface area contributed by atoms with Gasteiger partial charge < -0.3 is 16.8 Å². The summed E-state index contributed by atoms with van der Waals surface area (Å²) in [5, 5.41) is 2.78. The van der Waals surface area contributed by atoms with Crippen LogP contribution in [0, 0.1) is 11.3 Å². The zero-order valence-electron chi connectivity index (χ0n) is 12.1. The molecule has 0 spiro atoms. The predicted molar refractivity (Wildman–Crippen MR) is 75.2 cm³/mol. The molecule has 5 heteroatoms. The van der Waals surface area contributed by atoms with Crippen LogP contribution in [-0.2, 0) is 9.59 Å². The molecule has 5 N–H and O–H groups in total. The summed E-state index contributed by atoms with van der Waals surface area (Å²) in [5.74, 6) is 0.165. The summed E-state index contributed by atoms with van der Waals surface area (Å²) in [6.45, 7) is 3.76. The second kappa shape index (κ2) is 6.89. The zero-order valence-corrected chi connectivity index (χ0v) is 12.1. The number of carbonyl (C=O) groups is 2. The third-order valence-corrected chi connectivity index (χ3v) is 4.00.